The molecular formula is C19H15ClN5O2+. The van der Waals surface area contributed by atoms with Gasteiger partial charge in [0.1, 0.15) is 5.82 Å². The van der Waals surface area contributed by atoms with Crippen molar-refractivity contribution in [1.82, 2.24) is 9.97 Å². The second kappa shape index (κ2) is 7.02. The third-order valence-corrected chi connectivity index (χ3v) is 4.35. The molecule has 0 saturated carbocycles. The van der Waals surface area contributed by atoms with E-state index in [1.165, 1.54) is 18.2 Å². The van der Waals surface area contributed by atoms with Crippen LogP contribution in [0.5, 0.6) is 0 Å². The number of nitrogens with zero attached hydrogens (tertiary/aromatic N) is 4. The van der Waals surface area contributed by atoms with Crippen LogP contribution in [0, 0.1) is 30.1 Å². The van der Waals surface area contributed by atoms with Crippen molar-refractivity contribution in [2.24, 2.45) is 0 Å². The Morgan fingerprint density at radius 2 is 1.89 bits per heavy atom. The average Bonchev–Trinajstić information content (AvgIpc) is 2.59. The Morgan fingerprint density at radius 1 is 1.22 bits per heavy atom. The lowest BCUT2D eigenvalue weighted by atomic mass is 9.91. The second-order valence-corrected chi connectivity index (χ2v) is 6.37. The van der Waals surface area contributed by atoms with Crippen molar-refractivity contribution in [3.05, 3.63) is 57.2 Å². The van der Waals surface area contributed by atoms with Gasteiger partial charge in [-0.3, -0.25) is 0 Å². The van der Waals surface area contributed by atoms with Crippen LogP contribution >= 0.6 is 11.6 Å². The monoisotopic (exact) mass is 380 g/mol. The van der Waals surface area contributed by atoms with Gasteiger partial charge in [-0.05, 0) is 53.8 Å². The maximum absolute atomic E-state index is 11.5. The normalized spacial score (nSPS) is 11.0. The highest BCUT2D eigenvalue weighted by Crippen LogP contribution is 2.38. The van der Waals surface area contributed by atoms with Gasteiger partial charge in [-0.1, -0.05) is 12.1 Å². The first-order valence-electron chi connectivity index (χ1n) is 7.92. The van der Waals surface area contributed by atoms with E-state index >= 15 is 0 Å². The molecule has 0 saturated heterocycles. The van der Waals surface area contributed by atoms with Crippen LogP contribution < -0.4 is 5.73 Å². The van der Waals surface area contributed by atoms with Gasteiger partial charge in [0.25, 0.3) is 4.92 Å². The zero-order chi connectivity index (χ0) is 19.7. The number of aromatic nitrogens is 2. The predicted octanol–water partition coefficient (Wildman–Crippen LogP) is 4.49. The van der Waals surface area contributed by atoms with Crippen molar-refractivity contribution in [2.45, 2.75) is 13.8 Å². The quantitative estimate of drug-likeness (QED) is 0.393. The molecule has 134 valence electrons. The number of aryl methyl sites for hydroxylation is 2. The zero-order valence-electron chi connectivity index (χ0n) is 14.6. The molecule has 0 spiro atoms. The Morgan fingerprint density at radius 3 is 2.48 bits per heavy atom. The van der Waals surface area contributed by atoms with Gasteiger partial charge in [0.2, 0.25) is 5.28 Å². The number of fused-ring (bicyclic) bond motifs is 1. The third-order valence-electron chi connectivity index (χ3n) is 4.18. The first-order chi connectivity index (χ1) is 12.8. The minimum Gasteiger partial charge on any atom is -0.383 e. The molecule has 27 heavy (non-hydrogen) atoms. The number of allylic oxidation sites excluding steroid dienone is 1. The van der Waals surface area contributed by atoms with E-state index in [-0.39, 0.29) is 21.7 Å². The van der Waals surface area contributed by atoms with Crippen molar-refractivity contribution in [3.63, 3.8) is 0 Å². The van der Waals surface area contributed by atoms with E-state index in [1.807, 2.05) is 32.0 Å². The van der Waals surface area contributed by atoms with Crippen LogP contribution in [0.15, 0.2) is 30.3 Å². The summed E-state index contributed by atoms with van der Waals surface area (Å²) in [5.41, 5.74) is 10.5. The van der Waals surface area contributed by atoms with E-state index < -0.39 is 0 Å². The number of anilines is 1. The average molecular weight is 381 g/mol. The molecule has 2 aromatic carbocycles. The lowest BCUT2D eigenvalue weighted by Gasteiger charge is -2.14. The highest BCUT2D eigenvalue weighted by atomic mass is 35.5. The van der Waals surface area contributed by atoms with Crippen molar-refractivity contribution in [3.8, 4) is 17.2 Å². The van der Waals surface area contributed by atoms with Gasteiger partial charge in [-0.25, -0.2) is 15.2 Å². The summed E-state index contributed by atoms with van der Waals surface area (Å²) < 4.78 is 0. The van der Waals surface area contributed by atoms with Crippen LogP contribution in [0.3, 0.4) is 0 Å². The van der Waals surface area contributed by atoms with Crippen LogP contribution in [-0.2, 0) is 0 Å². The van der Waals surface area contributed by atoms with E-state index in [9.17, 15) is 10.1 Å². The molecule has 1 heterocycles. The van der Waals surface area contributed by atoms with E-state index in [0.29, 0.717) is 16.5 Å². The molecule has 0 radical (unpaired) electrons. The molecule has 0 aliphatic carbocycles. The SMILES string of the molecule is Cc1cc(/C=C/C#N)cc(C)c1-c1cc([N+](=O)O)cc2c(N)nc(Cl)nc12. The minimum atomic E-state index is -0.230. The first-order valence-corrected chi connectivity index (χ1v) is 8.30. The Kier molecular flexibility index (Phi) is 4.75. The summed E-state index contributed by atoms with van der Waals surface area (Å²) in [5.74, 6) is 0.110. The summed E-state index contributed by atoms with van der Waals surface area (Å²) in [4.78, 5) is 19.5. The summed E-state index contributed by atoms with van der Waals surface area (Å²) in [6.07, 6.45) is 3.11. The number of hydrogen-bond acceptors (Lipinski definition) is 5. The summed E-state index contributed by atoms with van der Waals surface area (Å²) in [7, 11) is 0. The second-order valence-electron chi connectivity index (χ2n) is 6.03. The molecule has 0 amide bonds. The van der Waals surface area contributed by atoms with E-state index in [2.05, 4.69) is 9.97 Å². The fraction of sp³-hybridized carbons (Fsp3) is 0.105. The number of rotatable bonds is 3. The van der Waals surface area contributed by atoms with Crippen LogP contribution in [0.2, 0.25) is 5.28 Å². The topological polar surface area (TPSA) is 116 Å². The lowest BCUT2D eigenvalue weighted by Crippen LogP contribution is -2.01. The van der Waals surface area contributed by atoms with Crippen molar-refractivity contribution >= 4 is 40.1 Å². The van der Waals surface area contributed by atoms with Crippen LogP contribution in [0.1, 0.15) is 16.7 Å². The molecule has 0 aliphatic heterocycles. The maximum atomic E-state index is 11.5. The largest absolute Gasteiger partial charge is 0.383 e. The first kappa shape index (κ1) is 18.3. The lowest BCUT2D eigenvalue weighted by molar-refractivity contribution is -0.729. The molecule has 7 nitrogen and oxygen atoms in total. The van der Waals surface area contributed by atoms with Crippen LogP contribution in [-0.4, -0.2) is 20.1 Å². The minimum absolute atomic E-state index is 0.00220. The molecule has 0 fully saturated rings. The summed E-state index contributed by atoms with van der Waals surface area (Å²) in [6.45, 7) is 3.81. The highest BCUT2D eigenvalue weighted by Gasteiger charge is 2.22. The van der Waals surface area contributed by atoms with Crippen LogP contribution in [0.4, 0.5) is 11.5 Å². The number of nitrogen functional groups attached to an aromatic ring is 1. The van der Waals surface area contributed by atoms with Gasteiger partial charge in [0, 0.05) is 23.8 Å². The number of nitriles is 1. The zero-order valence-corrected chi connectivity index (χ0v) is 15.3. The predicted molar refractivity (Wildman–Crippen MR) is 104 cm³/mol. The molecular weight excluding hydrogens is 366 g/mol. The molecule has 3 aromatic rings. The standard InChI is InChI=1S/C19H15ClN5O2/c1-10-6-12(4-3-5-21)7-11(2)16(10)14-8-13(25(26)27)9-15-17(14)23-19(20)24-18(15)22/h3-4,6-9H,1-2H3,(H,26,27)(H2,22,23,24)/q+1/b4-3+. The van der Waals surface area contributed by atoms with Gasteiger partial charge in [0.15, 0.2) is 0 Å². The van der Waals surface area contributed by atoms with Crippen LogP contribution in [0.25, 0.3) is 28.1 Å². The van der Waals surface area contributed by atoms with Gasteiger partial charge in [-0.2, -0.15) is 5.26 Å². The maximum Gasteiger partial charge on any atom is 0.318 e. The number of hydrogen-bond donors (Lipinski definition) is 2. The van der Waals surface area contributed by atoms with Gasteiger partial charge in [-0.15, -0.1) is 0 Å². The molecule has 8 heteroatoms. The third kappa shape index (κ3) is 3.43. The Labute approximate surface area is 159 Å². The Balaban J connectivity index is 2.39. The van der Waals surface area contributed by atoms with Gasteiger partial charge in [0.05, 0.1) is 21.9 Å². The fourth-order valence-electron chi connectivity index (χ4n) is 3.16. The number of nitrogens with two attached hydrogens (primary N) is 1. The van der Waals surface area contributed by atoms with E-state index in [4.69, 9.17) is 22.6 Å². The molecule has 0 bridgehead atoms. The van der Waals surface area contributed by atoms with Gasteiger partial charge >= 0.3 is 5.69 Å². The van der Waals surface area contributed by atoms with Gasteiger partial charge < -0.3 is 5.73 Å². The molecule has 1 aromatic heterocycles. The van der Waals surface area contributed by atoms with Crippen molar-refractivity contribution < 1.29 is 10.1 Å². The Hall–Kier alpha value is -3.50. The summed E-state index contributed by atoms with van der Waals surface area (Å²) in [6, 6.07) is 8.72. The Bertz CT molecular complexity index is 1140. The van der Waals surface area contributed by atoms with Crippen molar-refractivity contribution in [1.29, 1.82) is 5.26 Å². The summed E-state index contributed by atoms with van der Waals surface area (Å²) >= 11 is 5.98. The molecule has 0 aliphatic rings. The smallest absolute Gasteiger partial charge is 0.318 e. The molecule has 0 atom stereocenters. The van der Waals surface area contributed by atoms with E-state index in [0.717, 1.165) is 22.3 Å². The van der Waals surface area contributed by atoms with Crippen molar-refractivity contribution in [2.75, 3.05) is 5.73 Å². The number of benzene rings is 2. The molecule has 0 unspecified atom stereocenters. The van der Waals surface area contributed by atoms with E-state index in [1.54, 1.807) is 6.08 Å². The summed E-state index contributed by atoms with van der Waals surface area (Å²) in [5, 5.41) is 18.5. The molecule has 3 rings (SSSR count). The highest BCUT2D eigenvalue weighted by molar-refractivity contribution is 6.29. The number of halogens is 1. The fourth-order valence-corrected chi connectivity index (χ4v) is 3.34. The molecule has 3 N–H and O–H groups in total.